The van der Waals surface area contributed by atoms with E-state index in [2.05, 4.69) is 0 Å². The molecule has 0 fully saturated rings. The maximum absolute atomic E-state index is 11.6. The molecule has 0 aromatic rings. The molecule has 0 amide bonds. The molecule has 1 unspecified atom stereocenters. The lowest BCUT2D eigenvalue weighted by Gasteiger charge is -2.19. The molecule has 0 aliphatic rings. The molecule has 5 heteroatoms. The van der Waals surface area contributed by atoms with Crippen molar-refractivity contribution in [1.29, 1.82) is 0 Å². The van der Waals surface area contributed by atoms with E-state index in [1.54, 1.807) is 25.7 Å². The van der Waals surface area contributed by atoms with E-state index in [1.165, 1.54) is 6.08 Å². The van der Waals surface area contributed by atoms with Crippen molar-refractivity contribution in [2.75, 3.05) is 20.7 Å². The average molecular weight is 243 g/mol. The first kappa shape index (κ1) is 15.6. The smallest absolute Gasteiger partial charge is 0.334 e. The van der Waals surface area contributed by atoms with Gasteiger partial charge in [-0.15, -0.1) is 0 Å². The summed E-state index contributed by atoms with van der Waals surface area (Å²) < 4.78 is 9.88. The minimum absolute atomic E-state index is 0.0884. The maximum atomic E-state index is 11.6. The number of hydrogen-bond acceptors (Lipinski definition) is 5. The van der Waals surface area contributed by atoms with Crippen LogP contribution in [0.2, 0.25) is 0 Å². The molecule has 0 radical (unpaired) electrons. The van der Waals surface area contributed by atoms with Crippen LogP contribution in [0.25, 0.3) is 0 Å². The molecule has 0 rings (SSSR count). The summed E-state index contributed by atoms with van der Waals surface area (Å²) in [5, 5.41) is 0. The van der Waals surface area contributed by atoms with Gasteiger partial charge in [-0.3, -0.25) is 9.69 Å². The third-order valence-corrected chi connectivity index (χ3v) is 2.21. The zero-order chi connectivity index (χ0) is 13.4. The van der Waals surface area contributed by atoms with Gasteiger partial charge in [-0.25, -0.2) is 4.79 Å². The van der Waals surface area contributed by atoms with Crippen molar-refractivity contribution in [3.05, 3.63) is 11.6 Å². The Bertz CT molecular complexity index is 297. The molecular formula is C12H21NO4. The van der Waals surface area contributed by atoms with E-state index in [9.17, 15) is 9.59 Å². The molecule has 0 bridgehead atoms. The number of nitrogens with zero attached hydrogens (tertiary/aromatic N) is 1. The molecule has 0 saturated heterocycles. The summed E-state index contributed by atoms with van der Waals surface area (Å²) in [6.45, 7) is 5.47. The highest BCUT2D eigenvalue weighted by Crippen LogP contribution is 2.04. The van der Waals surface area contributed by atoms with Gasteiger partial charge < -0.3 is 9.47 Å². The number of ether oxygens (including phenoxy) is 2. The van der Waals surface area contributed by atoms with Crippen molar-refractivity contribution in [1.82, 2.24) is 4.90 Å². The highest BCUT2D eigenvalue weighted by atomic mass is 16.6. The summed E-state index contributed by atoms with van der Waals surface area (Å²) in [6.07, 6.45) is 1.31. The van der Waals surface area contributed by atoms with Gasteiger partial charge in [-0.2, -0.15) is 0 Å². The fourth-order valence-corrected chi connectivity index (χ4v) is 0.893. The molecule has 0 saturated carbocycles. The summed E-state index contributed by atoms with van der Waals surface area (Å²) >= 11 is 0. The number of esters is 2. The minimum Gasteiger partial charge on any atom is -0.466 e. The number of carbonyl (C=O) groups excluding carboxylic acids is 2. The lowest BCUT2D eigenvalue weighted by molar-refractivity contribution is -0.150. The molecule has 0 heterocycles. The van der Waals surface area contributed by atoms with Crippen LogP contribution in [-0.2, 0) is 19.1 Å². The van der Waals surface area contributed by atoms with Crippen molar-refractivity contribution in [2.45, 2.75) is 33.4 Å². The average Bonchev–Trinajstić information content (AvgIpc) is 2.25. The normalized spacial score (nSPS) is 13.4. The van der Waals surface area contributed by atoms with E-state index < -0.39 is 5.97 Å². The van der Waals surface area contributed by atoms with E-state index >= 15 is 0 Å². The Morgan fingerprint density at radius 1 is 1.35 bits per heavy atom. The van der Waals surface area contributed by atoms with Crippen molar-refractivity contribution in [3.63, 3.8) is 0 Å². The van der Waals surface area contributed by atoms with Gasteiger partial charge >= 0.3 is 11.9 Å². The third-order valence-electron chi connectivity index (χ3n) is 2.21. The van der Waals surface area contributed by atoms with Crippen LogP contribution in [0.5, 0.6) is 0 Å². The first-order valence-electron chi connectivity index (χ1n) is 5.58. The fraction of sp³-hybridized carbons (Fsp3) is 0.667. The van der Waals surface area contributed by atoms with Crippen molar-refractivity contribution >= 4 is 11.9 Å². The second-order valence-electron chi connectivity index (χ2n) is 3.86. The zero-order valence-electron chi connectivity index (χ0n) is 11.1. The number of carbonyl (C=O) groups is 2. The predicted octanol–water partition coefficient (Wildman–Crippen LogP) is 1.34. The van der Waals surface area contributed by atoms with Gasteiger partial charge in [-0.05, 0) is 34.9 Å². The predicted molar refractivity (Wildman–Crippen MR) is 64.2 cm³/mol. The maximum Gasteiger partial charge on any atom is 0.334 e. The first-order valence-corrected chi connectivity index (χ1v) is 5.58. The number of hydrogen-bond donors (Lipinski definition) is 0. The molecule has 98 valence electrons. The van der Waals surface area contributed by atoms with Gasteiger partial charge in [0.15, 0.2) is 6.23 Å². The summed E-state index contributed by atoms with van der Waals surface area (Å²) in [5.41, 5.74) is 0.409. The first-order chi connectivity index (χ1) is 7.88. The van der Waals surface area contributed by atoms with Crippen LogP contribution in [0.15, 0.2) is 11.6 Å². The van der Waals surface area contributed by atoms with Crippen molar-refractivity contribution in [2.24, 2.45) is 0 Å². The lowest BCUT2D eigenvalue weighted by Crippen LogP contribution is -2.30. The molecule has 0 aliphatic heterocycles. The Balaban J connectivity index is 4.20. The van der Waals surface area contributed by atoms with Gasteiger partial charge in [-0.1, -0.05) is 6.08 Å². The Hall–Kier alpha value is -1.36. The second-order valence-corrected chi connectivity index (χ2v) is 3.86. The standard InChI is InChI=1S/C12H21NO4/c1-6-16-11(14)8-7-9(2)12(15)17-10(3)13(4)5/h7,10H,6,8H2,1-5H3/b9-7+. The van der Waals surface area contributed by atoms with Gasteiger partial charge in [0.2, 0.25) is 0 Å². The van der Waals surface area contributed by atoms with Crippen molar-refractivity contribution < 1.29 is 19.1 Å². The van der Waals surface area contributed by atoms with Gasteiger partial charge in [0.1, 0.15) is 0 Å². The van der Waals surface area contributed by atoms with E-state index in [4.69, 9.17) is 9.47 Å². The van der Waals surface area contributed by atoms with Crippen LogP contribution >= 0.6 is 0 Å². The second kappa shape index (κ2) is 7.84. The quantitative estimate of drug-likeness (QED) is 0.400. The molecule has 0 aromatic heterocycles. The largest absolute Gasteiger partial charge is 0.466 e. The minimum atomic E-state index is -0.421. The summed E-state index contributed by atoms with van der Waals surface area (Å²) in [5.74, 6) is -0.768. The molecule has 17 heavy (non-hydrogen) atoms. The van der Waals surface area contributed by atoms with Crippen LogP contribution in [-0.4, -0.2) is 43.8 Å². The Labute approximate surface area is 102 Å². The van der Waals surface area contributed by atoms with Gasteiger partial charge in [0.05, 0.1) is 13.0 Å². The van der Waals surface area contributed by atoms with Crippen LogP contribution in [0.4, 0.5) is 0 Å². The lowest BCUT2D eigenvalue weighted by atomic mass is 10.2. The van der Waals surface area contributed by atoms with Gasteiger partial charge in [0.25, 0.3) is 0 Å². The Morgan fingerprint density at radius 2 is 1.94 bits per heavy atom. The van der Waals surface area contributed by atoms with E-state index in [0.717, 1.165) is 0 Å². The van der Waals surface area contributed by atoms with Crippen LogP contribution < -0.4 is 0 Å². The molecule has 0 spiro atoms. The Morgan fingerprint density at radius 3 is 2.41 bits per heavy atom. The highest BCUT2D eigenvalue weighted by molar-refractivity contribution is 5.88. The molecular weight excluding hydrogens is 222 g/mol. The highest BCUT2D eigenvalue weighted by Gasteiger charge is 2.13. The molecule has 1 atom stereocenters. The molecule has 0 aliphatic carbocycles. The van der Waals surface area contributed by atoms with E-state index in [-0.39, 0.29) is 18.6 Å². The summed E-state index contributed by atoms with van der Waals surface area (Å²) in [7, 11) is 3.63. The van der Waals surface area contributed by atoms with E-state index in [0.29, 0.717) is 12.2 Å². The SMILES string of the molecule is CCOC(=O)C/C=C(\C)C(=O)OC(C)N(C)C. The third kappa shape index (κ3) is 6.73. The van der Waals surface area contributed by atoms with Gasteiger partial charge in [0, 0.05) is 5.57 Å². The summed E-state index contributed by atoms with van der Waals surface area (Å²) in [4.78, 5) is 24.4. The van der Waals surface area contributed by atoms with Crippen LogP contribution in [0.3, 0.4) is 0 Å². The van der Waals surface area contributed by atoms with Crippen molar-refractivity contribution in [3.8, 4) is 0 Å². The van der Waals surface area contributed by atoms with Crippen LogP contribution in [0, 0.1) is 0 Å². The zero-order valence-corrected chi connectivity index (χ0v) is 11.1. The van der Waals surface area contributed by atoms with E-state index in [1.807, 2.05) is 14.1 Å². The Kier molecular flexibility index (Phi) is 7.21. The molecule has 5 nitrogen and oxygen atoms in total. The molecule has 0 aromatic carbocycles. The molecule has 0 N–H and O–H groups in total. The number of rotatable bonds is 6. The topological polar surface area (TPSA) is 55.8 Å². The fourth-order valence-electron chi connectivity index (χ4n) is 0.893. The van der Waals surface area contributed by atoms with Crippen LogP contribution in [0.1, 0.15) is 27.2 Å². The summed E-state index contributed by atoms with van der Waals surface area (Å²) in [6, 6.07) is 0. The monoisotopic (exact) mass is 243 g/mol.